The van der Waals surface area contributed by atoms with E-state index in [1.807, 2.05) is 0 Å². The molecule has 0 aromatic heterocycles. The lowest BCUT2D eigenvalue weighted by Gasteiger charge is -2.30. The van der Waals surface area contributed by atoms with E-state index in [-0.39, 0.29) is 0 Å². The minimum Gasteiger partial charge on any atom is -0.342 e. The summed E-state index contributed by atoms with van der Waals surface area (Å²) in [5, 5.41) is 3.40. The summed E-state index contributed by atoms with van der Waals surface area (Å²) in [5.74, 6) is 1.06. The van der Waals surface area contributed by atoms with E-state index >= 15 is 0 Å². The molecule has 114 valence electrons. The average molecular weight is 278 g/mol. The predicted octanol–water partition coefficient (Wildman–Crippen LogP) is 3.12. The fraction of sp³-hybridized carbons (Fsp3) is 0.824. The highest BCUT2D eigenvalue weighted by Gasteiger charge is 2.21. The first-order valence-corrected chi connectivity index (χ1v) is 8.46. The Morgan fingerprint density at radius 3 is 2.80 bits per heavy atom. The van der Waals surface area contributed by atoms with Crippen LogP contribution in [0, 0.1) is 5.92 Å². The van der Waals surface area contributed by atoms with Crippen molar-refractivity contribution >= 4 is 5.91 Å². The van der Waals surface area contributed by atoms with Gasteiger partial charge in [0.05, 0.1) is 0 Å². The van der Waals surface area contributed by atoms with Gasteiger partial charge in [-0.25, -0.2) is 0 Å². The zero-order valence-electron chi connectivity index (χ0n) is 13.0. The third kappa shape index (κ3) is 4.93. The zero-order chi connectivity index (χ0) is 14.2. The molecule has 1 N–H and O–H groups in total. The first-order chi connectivity index (χ1) is 9.79. The summed E-state index contributed by atoms with van der Waals surface area (Å²) in [6.45, 7) is 6.30. The molecule has 1 aliphatic heterocycles. The molecule has 0 aromatic carbocycles. The van der Waals surface area contributed by atoms with Gasteiger partial charge in [0.2, 0.25) is 5.91 Å². The minimum atomic E-state index is 0.360. The Kier molecular flexibility index (Phi) is 6.58. The Labute approximate surface area is 123 Å². The van der Waals surface area contributed by atoms with Gasteiger partial charge < -0.3 is 10.2 Å². The zero-order valence-corrected chi connectivity index (χ0v) is 13.0. The number of piperidine rings is 1. The minimum absolute atomic E-state index is 0.360. The van der Waals surface area contributed by atoms with Crippen molar-refractivity contribution in [3.63, 3.8) is 0 Å². The molecule has 1 heterocycles. The topological polar surface area (TPSA) is 32.3 Å². The van der Waals surface area contributed by atoms with Crippen LogP contribution in [-0.2, 0) is 4.79 Å². The molecule has 0 saturated carbocycles. The van der Waals surface area contributed by atoms with Crippen molar-refractivity contribution in [2.45, 2.75) is 58.3 Å². The third-order valence-electron chi connectivity index (χ3n) is 4.55. The lowest BCUT2D eigenvalue weighted by atomic mass is 9.95. The second-order valence-corrected chi connectivity index (χ2v) is 6.32. The maximum atomic E-state index is 12.5. The smallest absolute Gasteiger partial charge is 0.226 e. The van der Waals surface area contributed by atoms with E-state index in [0.29, 0.717) is 18.2 Å². The fourth-order valence-electron chi connectivity index (χ4n) is 3.33. The molecular formula is C17H30N2O. The van der Waals surface area contributed by atoms with Crippen molar-refractivity contribution in [2.75, 3.05) is 26.2 Å². The van der Waals surface area contributed by atoms with Gasteiger partial charge >= 0.3 is 0 Å². The molecule has 0 radical (unpaired) electrons. The van der Waals surface area contributed by atoms with Crippen LogP contribution in [0.4, 0.5) is 0 Å². The summed E-state index contributed by atoms with van der Waals surface area (Å²) in [5.41, 5.74) is 1.38. The van der Waals surface area contributed by atoms with Crippen molar-refractivity contribution in [3.8, 4) is 0 Å². The number of carbonyl (C=O) groups is 1. The van der Waals surface area contributed by atoms with E-state index in [2.05, 4.69) is 23.2 Å². The van der Waals surface area contributed by atoms with E-state index in [0.717, 1.165) is 39.0 Å². The van der Waals surface area contributed by atoms with Crippen LogP contribution in [0.15, 0.2) is 11.6 Å². The summed E-state index contributed by atoms with van der Waals surface area (Å²) in [4.78, 5) is 14.7. The number of carbonyl (C=O) groups excluding carboxylic acids is 1. The number of amides is 1. The van der Waals surface area contributed by atoms with Crippen LogP contribution in [0.2, 0.25) is 0 Å². The monoisotopic (exact) mass is 278 g/mol. The summed E-state index contributed by atoms with van der Waals surface area (Å²) >= 11 is 0. The second-order valence-electron chi connectivity index (χ2n) is 6.32. The molecule has 1 fully saturated rings. The second kappa shape index (κ2) is 8.46. The first-order valence-electron chi connectivity index (χ1n) is 8.46. The highest BCUT2D eigenvalue weighted by atomic mass is 16.2. The SMILES string of the molecule is CCCN(CC1CCNCC1)C(=O)CC1=CCCCC1. The molecule has 1 aliphatic carbocycles. The molecule has 3 nitrogen and oxygen atoms in total. The van der Waals surface area contributed by atoms with Crippen LogP contribution < -0.4 is 5.32 Å². The molecule has 20 heavy (non-hydrogen) atoms. The van der Waals surface area contributed by atoms with Crippen LogP contribution in [0.25, 0.3) is 0 Å². The molecule has 0 spiro atoms. The summed E-state index contributed by atoms with van der Waals surface area (Å²) in [7, 11) is 0. The van der Waals surface area contributed by atoms with Gasteiger partial charge in [0.15, 0.2) is 0 Å². The van der Waals surface area contributed by atoms with Gasteiger partial charge in [-0.15, -0.1) is 0 Å². The predicted molar refractivity (Wildman–Crippen MR) is 83.6 cm³/mol. The van der Waals surface area contributed by atoms with E-state index < -0.39 is 0 Å². The molecule has 2 rings (SSSR count). The van der Waals surface area contributed by atoms with Crippen LogP contribution >= 0.6 is 0 Å². The Morgan fingerprint density at radius 2 is 2.15 bits per heavy atom. The number of hydrogen-bond donors (Lipinski definition) is 1. The molecular weight excluding hydrogens is 248 g/mol. The molecule has 1 saturated heterocycles. The lowest BCUT2D eigenvalue weighted by Crippen LogP contribution is -2.39. The number of hydrogen-bond acceptors (Lipinski definition) is 2. The maximum Gasteiger partial charge on any atom is 0.226 e. The number of nitrogens with one attached hydrogen (secondary N) is 1. The average Bonchev–Trinajstić information content (AvgIpc) is 2.49. The van der Waals surface area contributed by atoms with Crippen LogP contribution in [0.1, 0.15) is 58.3 Å². The van der Waals surface area contributed by atoms with E-state index in [9.17, 15) is 4.79 Å². The third-order valence-corrected chi connectivity index (χ3v) is 4.55. The first kappa shape index (κ1) is 15.6. The van der Waals surface area contributed by atoms with Crippen molar-refractivity contribution in [1.29, 1.82) is 0 Å². The fourth-order valence-corrected chi connectivity index (χ4v) is 3.33. The lowest BCUT2D eigenvalue weighted by molar-refractivity contribution is -0.131. The van der Waals surface area contributed by atoms with Crippen molar-refractivity contribution in [1.82, 2.24) is 10.2 Å². The Balaban J connectivity index is 1.85. The highest BCUT2D eigenvalue weighted by Crippen LogP contribution is 2.22. The van der Waals surface area contributed by atoms with Gasteiger partial charge in [0, 0.05) is 19.5 Å². The summed E-state index contributed by atoms with van der Waals surface area (Å²) in [6.07, 6.45) is 11.3. The molecule has 3 heteroatoms. The Morgan fingerprint density at radius 1 is 1.35 bits per heavy atom. The molecule has 0 atom stereocenters. The van der Waals surface area contributed by atoms with E-state index in [1.165, 1.54) is 37.7 Å². The van der Waals surface area contributed by atoms with Gasteiger partial charge in [-0.1, -0.05) is 18.6 Å². The van der Waals surface area contributed by atoms with Gasteiger partial charge in [-0.05, 0) is 64.0 Å². The van der Waals surface area contributed by atoms with Gasteiger partial charge in [-0.2, -0.15) is 0 Å². The largest absolute Gasteiger partial charge is 0.342 e. The van der Waals surface area contributed by atoms with Gasteiger partial charge in [-0.3, -0.25) is 4.79 Å². The number of nitrogens with zero attached hydrogens (tertiary/aromatic N) is 1. The van der Waals surface area contributed by atoms with Crippen LogP contribution in [0.5, 0.6) is 0 Å². The molecule has 0 bridgehead atoms. The van der Waals surface area contributed by atoms with E-state index in [1.54, 1.807) is 0 Å². The van der Waals surface area contributed by atoms with E-state index in [4.69, 9.17) is 0 Å². The molecule has 2 aliphatic rings. The Bertz CT molecular complexity index is 332. The van der Waals surface area contributed by atoms with Gasteiger partial charge in [0.1, 0.15) is 0 Å². The molecule has 1 amide bonds. The maximum absolute atomic E-state index is 12.5. The van der Waals surface area contributed by atoms with Crippen molar-refractivity contribution in [2.24, 2.45) is 5.92 Å². The van der Waals surface area contributed by atoms with Crippen LogP contribution in [0.3, 0.4) is 0 Å². The number of rotatable bonds is 6. The normalized spacial score (nSPS) is 20.6. The molecule has 0 aromatic rings. The summed E-state index contributed by atoms with van der Waals surface area (Å²) < 4.78 is 0. The van der Waals surface area contributed by atoms with Crippen molar-refractivity contribution in [3.05, 3.63) is 11.6 Å². The van der Waals surface area contributed by atoms with Crippen molar-refractivity contribution < 1.29 is 4.79 Å². The number of allylic oxidation sites excluding steroid dienone is 1. The van der Waals surface area contributed by atoms with Gasteiger partial charge in [0.25, 0.3) is 0 Å². The quantitative estimate of drug-likeness (QED) is 0.757. The standard InChI is InChI=1S/C17H30N2O/c1-2-12-19(14-16-8-10-18-11-9-16)17(20)13-15-6-4-3-5-7-15/h6,16,18H,2-5,7-14H2,1H3. The van der Waals surface area contributed by atoms with Crippen LogP contribution in [-0.4, -0.2) is 37.0 Å². The highest BCUT2D eigenvalue weighted by molar-refractivity contribution is 5.78. The summed E-state index contributed by atoms with van der Waals surface area (Å²) in [6, 6.07) is 0. The Hall–Kier alpha value is -0.830. The molecule has 0 unspecified atom stereocenters.